The number of halogens is 1. The molecule has 0 radical (unpaired) electrons. The zero-order valence-electron chi connectivity index (χ0n) is 17.7. The van der Waals surface area contributed by atoms with Crippen LogP contribution in [0.5, 0.6) is 11.5 Å². The van der Waals surface area contributed by atoms with Gasteiger partial charge in [-0.3, -0.25) is 4.90 Å². The van der Waals surface area contributed by atoms with Crippen molar-refractivity contribution in [3.8, 4) is 23.0 Å². The number of fused-ring (bicyclic) bond motifs is 1. The maximum Gasteiger partial charge on any atom is 0.249 e. The van der Waals surface area contributed by atoms with Gasteiger partial charge in [0.2, 0.25) is 11.8 Å². The molecule has 2 aromatic carbocycles. The summed E-state index contributed by atoms with van der Waals surface area (Å²) in [5.41, 5.74) is 3.21. The lowest BCUT2D eigenvalue weighted by molar-refractivity contribution is 0.187. The van der Waals surface area contributed by atoms with E-state index in [1.807, 2.05) is 24.3 Å². The van der Waals surface area contributed by atoms with Gasteiger partial charge < -0.3 is 13.9 Å². The highest BCUT2D eigenvalue weighted by Crippen LogP contribution is 2.42. The van der Waals surface area contributed by atoms with Gasteiger partial charge >= 0.3 is 0 Å². The minimum absolute atomic E-state index is 0.0641. The fourth-order valence-corrected chi connectivity index (χ4v) is 5.28. The summed E-state index contributed by atoms with van der Waals surface area (Å²) in [6.45, 7) is 1.39. The molecule has 164 valence electrons. The molecule has 4 aromatic rings. The Morgan fingerprint density at radius 3 is 2.66 bits per heavy atom. The molecule has 32 heavy (non-hydrogen) atoms. The lowest BCUT2D eigenvalue weighted by Gasteiger charge is -2.36. The van der Waals surface area contributed by atoms with Crippen molar-refractivity contribution in [2.24, 2.45) is 0 Å². The summed E-state index contributed by atoms with van der Waals surface area (Å²) in [5, 5.41) is 11.2. The highest BCUT2D eigenvalue weighted by molar-refractivity contribution is 7.10. The van der Waals surface area contributed by atoms with Crippen molar-refractivity contribution >= 4 is 22.9 Å². The third-order valence-corrected chi connectivity index (χ3v) is 6.95. The van der Waals surface area contributed by atoms with Gasteiger partial charge in [-0.1, -0.05) is 29.8 Å². The Kier molecular flexibility index (Phi) is 5.87. The monoisotopic (exact) mass is 467 g/mol. The van der Waals surface area contributed by atoms with E-state index in [2.05, 4.69) is 44.7 Å². The Labute approximate surface area is 195 Å². The fourth-order valence-electron chi connectivity index (χ4n) is 4.18. The smallest absolute Gasteiger partial charge is 0.249 e. The van der Waals surface area contributed by atoms with Gasteiger partial charge in [0, 0.05) is 11.4 Å². The van der Waals surface area contributed by atoms with Crippen LogP contribution in [0.4, 0.5) is 0 Å². The van der Waals surface area contributed by atoms with Gasteiger partial charge in [-0.2, -0.15) is 0 Å². The molecule has 8 heteroatoms. The summed E-state index contributed by atoms with van der Waals surface area (Å²) in [7, 11) is 3.34. The van der Waals surface area contributed by atoms with E-state index in [0.29, 0.717) is 23.3 Å². The lowest BCUT2D eigenvalue weighted by atomic mass is 9.91. The molecule has 1 unspecified atom stereocenters. The van der Waals surface area contributed by atoms with Gasteiger partial charge in [0.25, 0.3) is 0 Å². The molecule has 6 nitrogen and oxygen atoms in total. The number of hydrogen-bond acceptors (Lipinski definition) is 7. The van der Waals surface area contributed by atoms with Gasteiger partial charge in [0.1, 0.15) is 0 Å². The number of thiophene rings is 1. The average Bonchev–Trinajstić information content (AvgIpc) is 3.51. The molecule has 0 saturated heterocycles. The molecular weight excluding hydrogens is 446 g/mol. The van der Waals surface area contributed by atoms with Crippen molar-refractivity contribution in [3.05, 3.63) is 80.8 Å². The number of nitrogens with zero attached hydrogens (tertiary/aromatic N) is 3. The minimum Gasteiger partial charge on any atom is -0.493 e. The predicted octanol–water partition coefficient (Wildman–Crippen LogP) is 5.62. The molecule has 2 aromatic heterocycles. The van der Waals surface area contributed by atoms with Crippen molar-refractivity contribution in [1.29, 1.82) is 0 Å². The first-order valence-corrected chi connectivity index (χ1v) is 11.5. The maximum absolute atomic E-state index is 6.30. The van der Waals surface area contributed by atoms with Gasteiger partial charge in [0.15, 0.2) is 11.5 Å². The second-order valence-electron chi connectivity index (χ2n) is 7.53. The molecule has 0 spiro atoms. The summed E-state index contributed by atoms with van der Waals surface area (Å²) in [6.07, 6.45) is 0.892. The van der Waals surface area contributed by atoms with Gasteiger partial charge in [-0.15, -0.1) is 21.5 Å². The van der Waals surface area contributed by atoms with Gasteiger partial charge in [0.05, 0.1) is 37.4 Å². The van der Waals surface area contributed by atoms with Crippen LogP contribution < -0.4 is 9.47 Å². The van der Waals surface area contributed by atoms with Crippen molar-refractivity contribution in [1.82, 2.24) is 15.1 Å². The Balaban J connectivity index is 1.49. The highest BCUT2D eigenvalue weighted by atomic mass is 35.5. The standard InChI is InChI=1S/C24H22ClN3O3S/c1-29-19-12-15-9-10-28(23(21-8-5-11-32-21)17(15)13-20(19)30-2)14-22-26-27-24(31-22)16-6-3-4-7-18(16)25/h3-8,11-13,23H,9-10,14H2,1-2H3. The largest absolute Gasteiger partial charge is 0.493 e. The normalized spacial score (nSPS) is 16.0. The van der Waals surface area contributed by atoms with Crippen LogP contribution in [0.25, 0.3) is 11.5 Å². The summed E-state index contributed by atoms with van der Waals surface area (Å²) < 4.78 is 17.1. The number of aromatic nitrogens is 2. The number of rotatable bonds is 6. The van der Waals surface area contributed by atoms with Crippen LogP contribution in [-0.4, -0.2) is 35.9 Å². The fraction of sp³-hybridized carbons (Fsp3) is 0.250. The Morgan fingerprint density at radius 1 is 1.09 bits per heavy atom. The van der Waals surface area contributed by atoms with Gasteiger partial charge in [-0.25, -0.2) is 0 Å². The first-order valence-electron chi connectivity index (χ1n) is 10.3. The van der Waals surface area contributed by atoms with Crippen LogP contribution in [-0.2, 0) is 13.0 Å². The molecule has 1 atom stereocenters. The molecule has 0 saturated carbocycles. The molecular formula is C24H22ClN3O3S. The van der Waals surface area contributed by atoms with E-state index in [1.165, 1.54) is 16.0 Å². The molecule has 0 bridgehead atoms. The summed E-state index contributed by atoms with van der Waals surface area (Å²) in [4.78, 5) is 3.62. The minimum atomic E-state index is 0.0641. The molecule has 0 fully saturated rings. The number of hydrogen-bond donors (Lipinski definition) is 0. The zero-order valence-corrected chi connectivity index (χ0v) is 19.3. The van der Waals surface area contributed by atoms with Crippen molar-refractivity contribution in [2.45, 2.75) is 19.0 Å². The van der Waals surface area contributed by atoms with E-state index in [-0.39, 0.29) is 6.04 Å². The van der Waals surface area contributed by atoms with Crippen LogP contribution in [0.1, 0.15) is 27.9 Å². The Morgan fingerprint density at radius 2 is 1.91 bits per heavy atom. The second-order valence-corrected chi connectivity index (χ2v) is 8.91. The SMILES string of the molecule is COc1cc2c(cc1OC)C(c1cccs1)N(Cc1nnc(-c3ccccc3Cl)o1)CC2. The lowest BCUT2D eigenvalue weighted by Crippen LogP contribution is -2.35. The predicted molar refractivity (Wildman–Crippen MR) is 125 cm³/mol. The number of ether oxygens (including phenoxy) is 2. The van der Waals surface area contributed by atoms with Crippen LogP contribution in [0.3, 0.4) is 0 Å². The molecule has 1 aliphatic heterocycles. The van der Waals surface area contributed by atoms with Crippen LogP contribution >= 0.6 is 22.9 Å². The summed E-state index contributed by atoms with van der Waals surface area (Å²) in [6, 6.07) is 16.0. The molecule has 1 aliphatic rings. The van der Waals surface area contributed by atoms with E-state index < -0.39 is 0 Å². The highest BCUT2D eigenvalue weighted by Gasteiger charge is 2.32. The summed E-state index contributed by atoms with van der Waals surface area (Å²) in [5.74, 6) is 2.48. The third kappa shape index (κ3) is 3.88. The first-order chi connectivity index (χ1) is 15.7. The number of benzene rings is 2. The molecule has 0 N–H and O–H groups in total. The zero-order chi connectivity index (χ0) is 22.1. The third-order valence-electron chi connectivity index (χ3n) is 5.70. The van der Waals surface area contributed by atoms with Crippen LogP contribution in [0.15, 0.2) is 58.3 Å². The van der Waals surface area contributed by atoms with Crippen LogP contribution in [0.2, 0.25) is 5.02 Å². The van der Waals surface area contributed by atoms with E-state index in [1.54, 1.807) is 25.6 Å². The second kappa shape index (κ2) is 8.94. The summed E-state index contributed by atoms with van der Waals surface area (Å²) >= 11 is 8.04. The first kappa shape index (κ1) is 21.0. The van der Waals surface area contributed by atoms with E-state index in [9.17, 15) is 0 Å². The van der Waals surface area contributed by atoms with Crippen molar-refractivity contribution < 1.29 is 13.9 Å². The van der Waals surface area contributed by atoms with E-state index in [0.717, 1.165) is 30.0 Å². The van der Waals surface area contributed by atoms with Gasteiger partial charge in [-0.05, 0) is 53.3 Å². The molecule has 3 heterocycles. The average molecular weight is 468 g/mol. The number of methoxy groups -OCH3 is 2. The molecule has 5 rings (SSSR count). The topological polar surface area (TPSA) is 60.6 Å². The van der Waals surface area contributed by atoms with E-state index >= 15 is 0 Å². The van der Waals surface area contributed by atoms with Crippen molar-refractivity contribution in [2.75, 3.05) is 20.8 Å². The maximum atomic E-state index is 6.30. The Hall–Kier alpha value is -2.87. The molecule has 0 amide bonds. The quantitative estimate of drug-likeness (QED) is 0.367. The van der Waals surface area contributed by atoms with Crippen LogP contribution in [0, 0.1) is 0 Å². The molecule has 0 aliphatic carbocycles. The Bertz CT molecular complexity index is 1230. The van der Waals surface area contributed by atoms with E-state index in [4.69, 9.17) is 25.5 Å². The van der Waals surface area contributed by atoms with Crippen molar-refractivity contribution in [3.63, 3.8) is 0 Å².